The van der Waals surface area contributed by atoms with Gasteiger partial charge in [-0.2, -0.15) is 0 Å². The fourth-order valence-corrected chi connectivity index (χ4v) is 0.971. The largest absolute Gasteiger partial charge is 0.506 e. The minimum Gasteiger partial charge on any atom is -0.506 e. The van der Waals surface area contributed by atoms with Crippen molar-refractivity contribution in [1.29, 1.82) is 0 Å². The van der Waals surface area contributed by atoms with Gasteiger partial charge in [0.25, 0.3) is 0 Å². The zero-order chi connectivity index (χ0) is 5.70. The van der Waals surface area contributed by atoms with Crippen LogP contribution in [0.1, 0.15) is 20.3 Å². The molecule has 2 heteroatoms. The van der Waals surface area contributed by atoms with Crippen molar-refractivity contribution >= 4 is 16.6 Å². The van der Waals surface area contributed by atoms with Gasteiger partial charge in [-0.25, -0.2) is 0 Å². The van der Waals surface area contributed by atoms with E-state index in [1.54, 1.807) is 0 Å². The van der Waals surface area contributed by atoms with Gasteiger partial charge in [0.15, 0.2) is 0 Å². The third-order valence-electron chi connectivity index (χ3n) is 1.15. The first kappa shape index (κ1) is 7.49. The number of hydrogen-bond acceptors (Lipinski definition) is 1. The molecule has 0 aromatic heterocycles. The van der Waals surface area contributed by atoms with Gasteiger partial charge in [0.1, 0.15) is 0 Å². The average molecular weight is 116 g/mol. The van der Waals surface area contributed by atoms with E-state index in [0.717, 1.165) is 29.1 Å². The molecule has 7 heavy (non-hydrogen) atoms. The van der Waals surface area contributed by atoms with Gasteiger partial charge < -0.3 is 3.79 Å². The van der Waals surface area contributed by atoms with Crippen LogP contribution in [-0.4, -0.2) is 23.2 Å². The molecule has 1 atom stereocenters. The van der Waals surface area contributed by atoms with Crippen LogP contribution in [-0.2, 0) is 3.79 Å². The standard InChI is InChI=1S/C5H11O.Al.2H/c1-3-5(2)4-6;;;/h5H,3-4H2,1-2H3;;;/q-1;+1;;. The van der Waals surface area contributed by atoms with Crippen molar-refractivity contribution in [3.05, 3.63) is 0 Å². The Morgan fingerprint density at radius 2 is 2.29 bits per heavy atom. The molecule has 0 amide bonds. The van der Waals surface area contributed by atoms with Crippen LogP contribution in [0.4, 0.5) is 0 Å². The van der Waals surface area contributed by atoms with Crippen LogP contribution in [0.5, 0.6) is 0 Å². The first-order chi connectivity index (χ1) is 3.31. The Balaban J connectivity index is 2.83. The zero-order valence-corrected chi connectivity index (χ0v) is 7.40. The smallest absolute Gasteiger partial charge is 0.410 e. The molecule has 0 fully saturated rings. The van der Waals surface area contributed by atoms with Crippen molar-refractivity contribution < 1.29 is 3.79 Å². The van der Waals surface area contributed by atoms with Crippen LogP contribution in [0.15, 0.2) is 0 Å². The van der Waals surface area contributed by atoms with Crippen molar-refractivity contribution in [3.63, 3.8) is 0 Å². The summed E-state index contributed by atoms with van der Waals surface area (Å²) in [7, 11) is 0. The van der Waals surface area contributed by atoms with E-state index in [-0.39, 0.29) is 0 Å². The summed E-state index contributed by atoms with van der Waals surface area (Å²) < 4.78 is 5.03. The van der Waals surface area contributed by atoms with Crippen molar-refractivity contribution in [1.82, 2.24) is 0 Å². The number of hydrogen-bond donors (Lipinski definition) is 0. The van der Waals surface area contributed by atoms with E-state index in [1.807, 2.05) is 0 Å². The first-order valence-electron chi connectivity index (χ1n) is 2.80. The average Bonchev–Trinajstić information content (AvgIpc) is 1.68. The fraction of sp³-hybridized carbons (Fsp3) is 1.00. The molecule has 0 aromatic carbocycles. The highest BCUT2D eigenvalue weighted by Crippen LogP contribution is 1.97. The molecule has 0 bridgehead atoms. The number of rotatable bonds is 3. The van der Waals surface area contributed by atoms with Crippen molar-refractivity contribution in [3.8, 4) is 0 Å². The van der Waals surface area contributed by atoms with Gasteiger partial charge >= 0.3 is 16.6 Å². The summed E-state index contributed by atoms with van der Waals surface area (Å²) in [5.41, 5.74) is 0. The lowest BCUT2D eigenvalue weighted by Gasteiger charge is -2.05. The van der Waals surface area contributed by atoms with E-state index >= 15 is 0 Å². The van der Waals surface area contributed by atoms with Crippen LogP contribution >= 0.6 is 0 Å². The third-order valence-corrected chi connectivity index (χ3v) is 1.48. The summed E-state index contributed by atoms with van der Waals surface area (Å²) in [6.45, 7) is 5.35. The summed E-state index contributed by atoms with van der Waals surface area (Å²) in [4.78, 5) is 0. The van der Waals surface area contributed by atoms with Gasteiger partial charge in [-0.3, -0.25) is 0 Å². The Morgan fingerprint density at radius 1 is 1.71 bits per heavy atom. The highest BCUT2D eigenvalue weighted by Gasteiger charge is 1.92. The van der Waals surface area contributed by atoms with E-state index in [2.05, 4.69) is 13.8 Å². The first-order valence-corrected chi connectivity index (χ1v) is 3.61. The molecule has 0 rings (SSSR count). The Bertz CT molecular complexity index is 39.1. The topological polar surface area (TPSA) is 9.23 Å². The van der Waals surface area contributed by atoms with Crippen LogP contribution in [0.3, 0.4) is 0 Å². The van der Waals surface area contributed by atoms with Crippen LogP contribution in [0, 0.1) is 5.92 Å². The summed E-state index contributed by atoms with van der Waals surface area (Å²) in [5, 5.41) is 0. The molecule has 42 valence electrons. The summed E-state index contributed by atoms with van der Waals surface area (Å²) >= 11 is 0.891. The van der Waals surface area contributed by atoms with E-state index < -0.39 is 0 Å². The van der Waals surface area contributed by atoms with Crippen molar-refractivity contribution in [2.24, 2.45) is 5.92 Å². The van der Waals surface area contributed by atoms with Crippen LogP contribution in [0.25, 0.3) is 0 Å². The third kappa shape index (κ3) is 4.34. The summed E-state index contributed by atoms with van der Waals surface area (Å²) in [5.74, 6) is 0.762. The fourth-order valence-electron chi connectivity index (χ4n) is 0.402. The Labute approximate surface area is 53.8 Å². The summed E-state index contributed by atoms with van der Waals surface area (Å²) in [6, 6.07) is 0. The predicted molar refractivity (Wildman–Crippen MR) is 34.0 cm³/mol. The van der Waals surface area contributed by atoms with Crippen molar-refractivity contribution in [2.45, 2.75) is 20.3 Å². The van der Waals surface area contributed by atoms with E-state index in [1.165, 1.54) is 6.42 Å². The monoisotopic (exact) mass is 116 g/mol. The Kier molecular flexibility index (Phi) is 4.97. The molecule has 1 unspecified atom stereocenters. The SMILES string of the molecule is CCC(C)C[O][AlH2]. The Hall–Kier alpha value is 0.492. The molecule has 0 saturated carbocycles. The lowest BCUT2D eigenvalue weighted by atomic mass is 10.1. The highest BCUT2D eigenvalue weighted by atomic mass is 27.1. The molecule has 0 spiro atoms. The zero-order valence-electron chi connectivity index (χ0n) is 5.40. The second kappa shape index (κ2) is 4.65. The molecule has 0 saturated heterocycles. The molecule has 0 N–H and O–H groups in total. The van der Waals surface area contributed by atoms with E-state index in [9.17, 15) is 0 Å². The highest BCUT2D eigenvalue weighted by molar-refractivity contribution is 5.97. The normalized spacial score (nSPS) is 14.0. The van der Waals surface area contributed by atoms with Crippen LogP contribution in [0.2, 0.25) is 0 Å². The lowest BCUT2D eigenvalue weighted by Crippen LogP contribution is -2.01. The second-order valence-electron chi connectivity index (χ2n) is 1.97. The van der Waals surface area contributed by atoms with Crippen molar-refractivity contribution in [2.75, 3.05) is 6.61 Å². The van der Waals surface area contributed by atoms with E-state index in [4.69, 9.17) is 3.79 Å². The molecule has 0 heterocycles. The van der Waals surface area contributed by atoms with Gasteiger partial charge in [0, 0.05) is 6.61 Å². The quantitative estimate of drug-likeness (QED) is 0.490. The molecular weight excluding hydrogens is 103 g/mol. The van der Waals surface area contributed by atoms with Gasteiger partial charge in [0.2, 0.25) is 0 Å². The molecule has 0 aliphatic carbocycles. The van der Waals surface area contributed by atoms with E-state index in [0.29, 0.717) is 0 Å². The molecule has 1 nitrogen and oxygen atoms in total. The molecule has 0 aliphatic heterocycles. The van der Waals surface area contributed by atoms with Crippen LogP contribution < -0.4 is 0 Å². The molecule has 0 radical (unpaired) electrons. The minimum absolute atomic E-state index is 0.762. The maximum atomic E-state index is 5.03. The van der Waals surface area contributed by atoms with Gasteiger partial charge in [0.05, 0.1) is 0 Å². The Morgan fingerprint density at radius 3 is 2.43 bits per heavy atom. The van der Waals surface area contributed by atoms with Gasteiger partial charge in [-0.1, -0.05) is 20.3 Å². The molecule has 0 aliphatic rings. The predicted octanol–water partition coefficient (Wildman–Crippen LogP) is 0.597. The maximum absolute atomic E-state index is 5.03. The summed E-state index contributed by atoms with van der Waals surface area (Å²) in [6.07, 6.45) is 1.24. The molecule has 0 aromatic rings. The van der Waals surface area contributed by atoms with Gasteiger partial charge in [-0.15, -0.1) is 0 Å². The molecular formula is C5H13AlO. The maximum Gasteiger partial charge on any atom is 0.410 e. The minimum atomic E-state index is 0.762. The lowest BCUT2D eigenvalue weighted by molar-refractivity contribution is 0.278. The second-order valence-corrected chi connectivity index (χ2v) is 2.55. The van der Waals surface area contributed by atoms with Gasteiger partial charge in [-0.05, 0) is 5.92 Å².